The van der Waals surface area contributed by atoms with Crippen LogP contribution in [-0.2, 0) is 7.05 Å². The van der Waals surface area contributed by atoms with Gasteiger partial charge in [0.1, 0.15) is 0 Å². The summed E-state index contributed by atoms with van der Waals surface area (Å²) in [5.41, 5.74) is 13.1. The van der Waals surface area contributed by atoms with Gasteiger partial charge in [0.15, 0.2) is 0 Å². The molecule has 0 radical (unpaired) electrons. The van der Waals surface area contributed by atoms with E-state index >= 15 is 0 Å². The Hall–Kier alpha value is -0.870. The molecule has 1 aromatic heterocycles. The van der Waals surface area contributed by atoms with E-state index in [0.717, 1.165) is 11.4 Å². The molecule has 0 spiro atoms. The van der Waals surface area contributed by atoms with Crippen molar-refractivity contribution in [2.75, 3.05) is 6.54 Å². The van der Waals surface area contributed by atoms with Gasteiger partial charge in [-0.2, -0.15) is 5.10 Å². The van der Waals surface area contributed by atoms with E-state index in [2.05, 4.69) is 5.10 Å². The first-order chi connectivity index (χ1) is 5.15. The number of hydrogen-bond acceptors (Lipinski definition) is 3. The number of aryl methyl sites for hydroxylation is 2. The molecule has 4 N–H and O–H groups in total. The minimum Gasteiger partial charge on any atom is -0.329 e. The summed E-state index contributed by atoms with van der Waals surface area (Å²) in [7, 11) is 1.87. The molecule has 1 aromatic rings. The van der Waals surface area contributed by atoms with E-state index in [1.54, 1.807) is 4.68 Å². The normalized spacial score (nSPS) is 13.5. The number of nitrogens with two attached hydrogens (primary N) is 2. The molecule has 0 fully saturated rings. The second-order valence-corrected chi connectivity index (χ2v) is 2.68. The summed E-state index contributed by atoms with van der Waals surface area (Å²) < 4.78 is 1.77. The number of rotatable bonds is 2. The molecule has 0 saturated heterocycles. The van der Waals surface area contributed by atoms with E-state index in [9.17, 15) is 0 Å². The van der Waals surface area contributed by atoms with Crippen molar-refractivity contribution in [1.82, 2.24) is 9.78 Å². The maximum Gasteiger partial charge on any atom is 0.0597 e. The van der Waals surface area contributed by atoms with Crippen LogP contribution in [-0.4, -0.2) is 16.3 Å². The smallest absolute Gasteiger partial charge is 0.0597 e. The average molecular weight is 154 g/mol. The molecule has 0 aliphatic heterocycles. The zero-order chi connectivity index (χ0) is 8.43. The molecule has 4 nitrogen and oxygen atoms in total. The molecule has 0 amide bonds. The van der Waals surface area contributed by atoms with Crippen LogP contribution in [0.2, 0.25) is 0 Å². The Labute approximate surface area is 66.2 Å². The van der Waals surface area contributed by atoms with Gasteiger partial charge in [-0.15, -0.1) is 0 Å². The Morgan fingerprint density at radius 3 is 2.73 bits per heavy atom. The summed E-state index contributed by atoms with van der Waals surface area (Å²) >= 11 is 0. The van der Waals surface area contributed by atoms with Gasteiger partial charge in [0.2, 0.25) is 0 Å². The highest BCUT2D eigenvalue weighted by Crippen LogP contribution is 2.08. The van der Waals surface area contributed by atoms with Crippen LogP contribution in [0.15, 0.2) is 6.07 Å². The van der Waals surface area contributed by atoms with Crippen molar-refractivity contribution in [3.63, 3.8) is 0 Å². The van der Waals surface area contributed by atoms with Crippen LogP contribution < -0.4 is 11.5 Å². The van der Waals surface area contributed by atoms with E-state index < -0.39 is 0 Å². The van der Waals surface area contributed by atoms with Crippen LogP contribution >= 0.6 is 0 Å². The molecule has 1 rings (SSSR count). The Morgan fingerprint density at radius 2 is 2.36 bits per heavy atom. The highest BCUT2D eigenvalue weighted by Gasteiger charge is 2.08. The molecule has 0 saturated carbocycles. The summed E-state index contributed by atoms with van der Waals surface area (Å²) in [6.45, 7) is 2.39. The molecule has 1 heterocycles. The highest BCUT2D eigenvalue weighted by molar-refractivity contribution is 5.12. The standard InChI is InChI=1S/C7H14N4/c1-5-3-7(6(9)4-8)11(2)10-5/h3,6H,4,8-9H2,1-2H3. The van der Waals surface area contributed by atoms with E-state index in [1.807, 2.05) is 20.0 Å². The van der Waals surface area contributed by atoms with Crippen molar-refractivity contribution in [3.05, 3.63) is 17.5 Å². The average Bonchev–Trinajstić information content (AvgIpc) is 2.28. The van der Waals surface area contributed by atoms with Gasteiger partial charge in [-0.05, 0) is 13.0 Å². The lowest BCUT2D eigenvalue weighted by atomic mass is 10.2. The fourth-order valence-electron chi connectivity index (χ4n) is 1.10. The second-order valence-electron chi connectivity index (χ2n) is 2.68. The first-order valence-corrected chi connectivity index (χ1v) is 3.61. The molecule has 0 aliphatic rings. The summed E-state index contributed by atoms with van der Waals surface area (Å²) in [5.74, 6) is 0. The molecule has 0 aromatic carbocycles. The molecule has 0 bridgehead atoms. The van der Waals surface area contributed by atoms with Crippen LogP contribution in [0.3, 0.4) is 0 Å². The Balaban J connectivity index is 2.93. The molecule has 62 valence electrons. The lowest BCUT2D eigenvalue weighted by Gasteiger charge is -2.07. The van der Waals surface area contributed by atoms with Crippen LogP contribution in [0.25, 0.3) is 0 Å². The molecule has 4 heteroatoms. The zero-order valence-electron chi connectivity index (χ0n) is 6.91. The van der Waals surface area contributed by atoms with Crippen molar-refractivity contribution < 1.29 is 0 Å². The second kappa shape index (κ2) is 3.02. The summed E-state index contributed by atoms with van der Waals surface area (Å²) in [6, 6.07) is 1.86. The highest BCUT2D eigenvalue weighted by atomic mass is 15.3. The van der Waals surface area contributed by atoms with Gasteiger partial charge in [-0.1, -0.05) is 0 Å². The first kappa shape index (κ1) is 8.23. The fraction of sp³-hybridized carbons (Fsp3) is 0.571. The predicted molar refractivity (Wildman–Crippen MR) is 43.9 cm³/mol. The minimum atomic E-state index is -0.0961. The van der Waals surface area contributed by atoms with E-state index in [1.165, 1.54) is 0 Å². The molecule has 1 unspecified atom stereocenters. The number of aromatic nitrogens is 2. The van der Waals surface area contributed by atoms with Crippen molar-refractivity contribution in [3.8, 4) is 0 Å². The lowest BCUT2D eigenvalue weighted by molar-refractivity contribution is 0.624. The van der Waals surface area contributed by atoms with Gasteiger partial charge in [-0.25, -0.2) is 0 Å². The van der Waals surface area contributed by atoms with Gasteiger partial charge in [0.25, 0.3) is 0 Å². The minimum absolute atomic E-state index is 0.0961. The van der Waals surface area contributed by atoms with Crippen LogP contribution in [0.5, 0.6) is 0 Å². The number of nitrogens with zero attached hydrogens (tertiary/aromatic N) is 2. The van der Waals surface area contributed by atoms with Gasteiger partial charge in [0, 0.05) is 13.6 Å². The molecular formula is C7H14N4. The van der Waals surface area contributed by atoms with Crippen molar-refractivity contribution in [2.24, 2.45) is 18.5 Å². The Morgan fingerprint density at radius 1 is 1.73 bits per heavy atom. The molecule has 11 heavy (non-hydrogen) atoms. The largest absolute Gasteiger partial charge is 0.329 e. The third-order valence-corrected chi connectivity index (χ3v) is 1.67. The van der Waals surface area contributed by atoms with Crippen molar-refractivity contribution in [2.45, 2.75) is 13.0 Å². The van der Waals surface area contributed by atoms with E-state index in [4.69, 9.17) is 11.5 Å². The van der Waals surface area contributed by atoms with Crippen LogP contribution in [0.4, 0.5) is 0 Å². The SMILES string of the molecule is Cc1cc(C(N)CN)n(C)n1. The zero-order valence-corrected chi connectivity index (χ0v) is 6.91. The van der Waals surface area contributed by atoms with Crippen LogP contribution in [0.1, 0.15) is 17.4 Å². The van der Waals surface area contributed by atoms with Crippen LogP contribution in [0, 0.1) is 6.92 Å². The van der Waals surface area contributed by atoms with Crippen molar-refractivity contribution >= 4 is 0 Å². The third kappa shape index (κ3) is 1.58. The molecule has 0 aliphatic carbocycles. The fourth-order valence-corrected chi connectivity index (χ4v) is 1.10. The maximum atomic E-state index is 5.72. The van der Waals surface area contributed by atoms with Crippen molar-refractivity contribution in [1.29, 1.82) is 0 Å². The Kier molecular flexibility index (Phi) is 2.26. The molecular weight excluding hydrogens is 140 g/mol. The van der Waals surface area contributed by atoms with E-state index in [-0.39, 0.29) is 6.04 Å². The monoisotopic (exact) mass is 154 g/mol. The summed E-state index contributed by atoms with van der Waals surface area (Å²) in [4.78, 5) is 0. The summed E-state index contributed by atoms with van der Waals surface area (Å²) in [6.07, 6.45) is 0. The number of hydrogen-bond donors (Lipinski definition) is 2. The quantitative estimate of drug-likeness (QED) is 0.613. The first-order valence-electron chi connectivity index (χ1n) is 3.61. The molecule has 1 atom stereocenters. The topological polar surface area (TPSA) is 69.9 Å². The van der Waals surface area contributed by atoms with Gasteiger partial charge in [-0.3, -0.25) is 4.68 Å². The lowest BCUT2D eigenvalue weighted by Crippen LogP contribution is -2.23. The van der Waals surface area contributed by atoms with E-state index in [0.29, 0.717) is 6.54 Å². The van der Waals surface area contributed by atoms with Gasteiger partial charge >= 0.3 is 0 Å². The van der Waals surface area contributed by atoms with Gasteiger partial charge in [0.05, 0.1) is 17.4 Å². The maximum absolute atomic E-state index is 5.72. The summed E-state index contributed by atoms with van der Waals surface area (Å²) in [5, 5.41) is 4.16. The Bertz CT molecular complexity index is 241. The predicted octanol–water partition coefficient (Wildman–Crippen LogP) is -0.313. The van der Waals surface area contributed by atoms with Gasteiger partial charge < -0.3 is 11.5 Å². The third-order valence-electron chi connectivity index (χ3n) is 1.67.